The molecule has 5 atom stereocenters. The fraction of sp³-hybridized carbons (Fsp3) is 0.500. The quantitative estimate of drug-likeness (QED) is 0.192. The van der Waals surface area contributed by atoms with E-state index in [2.05, 4.69) is 36.4 Å². The van der Waals surface area contributed by atoms with E-state index in [1.54, 1.807) is 0 Å². The van der Waals surface area contributed by atoms with E-state index in [1.807, 2.05) is 0 Å². The Balaban J connectivity index is 1.79. The minimum absolute atomic E-state index is 0.0394. The molecule has 0 amide bonds. The molecule has 1 unspecified atom stereocenters. The molecular weight excluding hydrogens is 444 g/mol. The van der Waals surface area contributed by atoms with E-state index in [1.165, 1.54) is 10.9 Å². The average molecular weight is 459 g/mol. The molecule has 0 aliphatic carbocycles. The van der Waals surface area contributed by atoms with Crippen molar-refractivity contribution >= 4 is 45.4 Å². The largest absolute Gasteiger partial charge is 0.481 e. The second kappa shape index (κ2) is 7.50. The van der Waals surface area contributed by atoms with Crippen molar-refractivity contribution < 1.29 is 42.5 Å². The molecule has 0 spiro atoms. The molecule has 1 fully saturated rings. The number of thiol groups is 1. The van der Waals surface area contributed by atoms with Crippen molar-refractivity contribution in [1.29, 1.82) is 0 Å². The molecular formula is C10H15N5O10P2S. The summed E-state index contributed by atoms with van der Waals surface area (Å²) in [5.41, 5.74) is 4.93. The highest BCUT2D eigenvalue weighted by molar-refractivity contribution is 7.81. The second-order valence-electron chi connectivity index (χ2n) is 5.66. The zero-order valence-electron chi connectivity index (χ0n) is 13.6. The Labute approximate surface area is 160 Å². The van der Waals surface area contributed by atoms with Gasteiger partial charge in [-0.05, 0) is 0 Å². The first kappa shape index (κ1) is 21.4. The predicted octanol–water partition coefficient (Wildman–Crippen LogP) is -1.52. The third-order valence-corrected chi connectivity index (χ3v) is 6.39. The van der Waals surface area contributed by atoms with E-state index in [0.717, 1.165) is 0 Å². The molecule has 18 heteroatoms. The summed E-state index contributed by atoms with van der Waals surface area (Å²) in [4.78, 5) is 48.4. The Bertz CT molecular complexity index is 1040. The number of H-pyrrole nitrogens is 1. The van der Waals surface area contributed by atoms with Gasteiger partial charge in [-0.25, -0.2) is 14.1 Å². The molecule has 3 rings (SSSR count). The maximum Gasteiger partial charge on any atom is 0.481 e. The number of phosphoric acid groups is 2. The lowest BCUT2D eigenvalue weighted by molar-refractivity contribution is -0.0421. The number of hydrogen-bond donors (Lipinski definition) is 7. The fourth-order valence-electron chi connectivity index (χ4n) is 2.55. The number of hydrogen-bond acceptors (Lipinski definition) is 11. The number of nitrogens with two attached hydrogens (primary N) is 1. The van der Waals surface area contributed by atoms with Gasteiger partial charge in [0.05, 0.1) is 24.3 Å². The number of nitrogens with zero attached hydrogens (tertiary/aromatic N) is 3. The zero-order chi connectivity index (χ0) is 20.9. The normalized spacial score (nSPS) is 27.9. The van der Waals surface area contributed by atoms with Crippen LogP contribution in [0, 0.1) is 0 Å². The Morgan fingerprint density at radius 2 is 2.07 bits per heavy atom. The third kappa shape index (κ3) is 4.46. The number of nitrogen functional groups attached to an aromatic ring is 1. The third-order valence-electron chi connectivity index (χ3n) is 3.67. The lowest BCUT2D eigenvalue weighted by atomic mass is 10.2. The molecule has 1 aliphatic heterocycles. The molecule has 0 radical (unpaired) electrons. The fourth-order valence-corrected chi connectivity index (χ4v) is 4.56. The van der Waals surface area contributed by atoms with E-state index < -0.39 is 51.5 Å². The zero-order valence-corrected chi connectivity index (χ0v) is 16.3. The standard InChI is InChI=1S/C10H15N5O10P2S/c11-10-13-7-4(8(17)14-10)12-2-15(7)9-6(28)5(16)3(24-9)1-23-27(21,22)25-26(18,19)20/h2-3,5-6,9,16,28H,1H2,(H,21,22)(H2,18,19,20)(H3,11,13,14,17)/t3-,5-,6-,9-/m1/s1. The number of anilines is 1. The summed E-state index contributed by atoms with van der Waals surface area (Å²) in [6.07, 6.45) is -2.37. The highest BCUT2D eigenvalue weighted by atomic mass is 32.1. The van der Waals surface area contributed by atoms with Gasteiger partial charge in [0.2, 0.25) is 5.95 Å². The Hall–Kier alpha value is -1.32. The van der Waals surface area contributed by atoms with Crippen LogP contribution in [0.2, 0.25) is 0 Å². The lowest BCUT2D eigenvalue weighted by Gasteiger charge is -2.18. The summed E-state index contributed by atoms with van der Waals surface area (Å²) < 4.78 is 37.1. The van der Waals surface area contributed by atoms with Crippen molar-refractivity contribution in [2.75, 3.05) is 12.3 Å². The average Bonchev–Trinajstić information content (AvgIpc) is 3.06. The molecule has 3 heterocycles. The van der Waals surface area contributed by atoms with Gasteiger partial charge in [0.15, 0.2) is 17.4 Å². The van der Waals surface area contributed by atoms with E-state index in [-0.39, 0.29) is 17.1 Å². The van der Waals surface area contributed by atoms with E-state index in [4.69, 9.17) is 20.3 Å². The van der Waals surface area contributed by atoms with Crippen LogP contribution in [0.5, 0.6) is 0 Å². The van der Waals surface area contributed by atoms with Gasteiger partial charge in [0, 0.05) is 0 Å². The van der Waals surface area contributed by atoms with Crippen molar-refractivity contribution in [2.24, 2.45) is 0 Å². The smallest absolute Gasteiger partial charge is 0.389 e. The lowest BCUT2D eigenvalue weighted by Crippen LogP contribution is -2.30. The van der Waals surface area contributed by atoms with Crippen molar-refractivity contribution in [3.05, 3.63) is 16.7 Å². The summed E-state index contributed by atoms with van der Waals surface area (Å²) in [5.74, 6) is -0.177. The van der Waals surface area contributed by atoms with Gasteiger partial charge in [0.25, 0.3) is 5.56 Å². The van der Waals surface area contributed by atoms with Crippen LogP contribution in [0.4, 0.5) is 5.95 Å². The number of ether oxygens (including phenoxy) is 1. The maximum atomic E-state index is 11.8. The van der Waals surface area contributed by atoms with E-state index in [9.17, 15) is 23.9 Å². The molecule has 1 aliphatic rings. The van der Waals surface area contributed by atoms with Crippen LogP contribution in [0.3, 0.4) is 0 Å². The Kier molecular flexibility index (Phi) is 5.73. The van der Waals surface area contributed by atoms with Gasteiger partial charge in [-0.2, -0.15) is 21.9 Å². The summed E-state index contributed by atoms with van der Waals surface area (Å²) in [6, 6.07) is 0. The van der Waals surface area contributed by atoms with Crippen LogP contribution >= 0.6 is 28.3 Å². The van der Waals surface area contributed by atoms with Crippen LogP contribution in [-0.2, 0) is 22.7 Å². The molecule has 0 bridgehead atoms. The topological polar surface area (TPSA) is 232 Å². The van der Waals surface area contributed by atoms with Gasteiger partial charge in [0.1, 0.15) is 6.10 Å². The van der Waals surface area contributed by atoms with Crippen LogP contribution in [0.15, 0.2) is 11.1 Å². The Morgan fingerprint density at radius 1 is 1.39 bits per heavy atom. The van der Waals surface area contributed by atoms with Crippen molar-refractivity contribution in [3.8, 4) is 0 Å². The van der Waals surface area contributed by atoms with Crippen LogP contribution in [0.25, 0.3) is 11.2 Å². The van der Waals surface area contributed by atoms with E-state index >= 15 is 0 Å². The van der Waals surface area contributed by atoms with E-state index in [0.29, 0.717) is 0 Å². The van der Waals surface area contributed by atoms with Gasteiger partial charge in [-0.3, -0.25) is 18.9 Å². The maximum absolute atomic E-state index is 11.8. The van der Waals surface area contributed by atoms with Crippen molar-refractivity contribution in [3.63, 3.8) is 0 Å². The molecule has 15 nitrogen and oxygen atoms in total. The number of aliphatic hydroxyl groups excluding tert-OH is 1. The number of nitrogens with one attached hydrogen (secondary N) is 1. The minimum atomic E-state index is -5.29. The number of aromatic nitrogens is 4. The number of imidazole rings is 1. The van der Waals surface area contributed by atoms with Crippen LogP contribution in [-0.4, -0.2) is 63.4 Å². The molecule has 7 N–H and O–H groups in total. The first-order valence-corrected chi connectivity index (χ1v) is 10.9. The van der Waals surface area contributed by atoms with Crippen molar-refractivity contribution in [2.45, 2.75) is 23.7 Å². The van der Waals surface area contributed by atoms with Gasteiger partial charge >= 0.3 is 15.6 Å². The number of fused-ring (bicyclic) bond motifs is 1. The minimum Gasteiger partial charge on any atom is -0.389 e. The summed E-state index contributed by atoms with van der Waals surface area (Å²) in [5, 5.41) is 9.34. The predicted molar refractivity (Wildman–Crippen MR) is 94.2 cm³/mol. The summed E-state index contributed by atoms with van der Waals surface area (Å²) in [7, 11) is -10.4. The highest BCUT2D eigenvalue weighted by Gasteiger charge is 2.45. The number of aromatic amines is 1. The summed E-state index contributed by atoms with van der Waals surface area (Å²) >= 11 is 4.23. The van der Waals surface area contributed by atoms with Crippen LogP contribution < -0.4 is 11.3 Å². The highest BCUT2D eigenvalue weighted by Crippen LogP contribution is 2.57. The number of aliphatic hydroxyl groups is 1. The first-order valence-electron chi connectivity index (χ1n) is 7.36. The van der Waals surface area contributed by atoms with Gasteiger partial charge in [-0.1, -0.05) is 0 Å². The molecule has 28 heavy (non-hydrogen) atoms. The molecule has 2 aromatic rings. The second-order valence-corrected chi connectivity index (χ2v) is 9.08. The first-order chi connectivity index (χ1) is 12.9. The molecule has 1 saturated heterocycles. The van der Waals surface area contributed by atoms with Crippen LogP contribution in [0.1, 0.15) is 6.23 Å². The molecule has 2 aromatic heterocycles. The Morgan fingerprint density at radius 3 is 2.71 bits per heavy atom. The van der Waals surface area contributed by atoms with Crippen molar-refractivity contribution in [1.82, 2.24) is 19.5 Å². The number of phosphoric ester groups is 1. The monoisotopic (exact) mass is 459 g/mol. The SMILES string of the molecule is Nc1nc2c(ncn2[C@@H]2O[C@H](COP(=O)(O)OP(=O)(O)O)[C@@H](O)[C@H]2S)c(=O)[nH]1. The molecule has 0 saturated carbocycles. The molecule has 156 valence electrons. The number of rotatable bonds is 6. The van der Waals surface area contributed by atoms with Gasteiger partial charge in [-0.15, -0.1) is 0 Å². The van der Waals surface area contributed by atoms with Gasteiger partial charge < -0.3 is 30.3 Å². The summed E-state index contributed by atoms with van der Waals surface area (Å²) in [6.45, 7) is -0.759. The molecule has 0 aromatic carbocycles.